The van der Waals surface area contributed by atoms with E-state index in [-0.39, 0.29) is 29.1 Å². The molecule has 39 heavy (non-hydrogen) atoms. The molecule has 3 rings (SSSR count). The molecule has 0 saturated carbocycles. The van der Waals surface area contributed by atoms with Crippen LogP contribution in [0, 0.1) is 13.8 Å². The second-order valence-corrected chi connectivity index (χ2v) is 11.7. The van der Waals surface area contributed by atoms with E-state index >= 15 is 0 Å². The van der Waals surface area contributed by atoms with Crippen molar-refractivity contribution in [3.05, 3.63) is 89.5 Å². The number of ether oxygens (including phenoxy) is 1. The van der Waals surface area contributed by atoms with Crippen LogP contribution in [0.5, 0.6) is 5.75 Å². The lowest BCUT2D eigenvalue weighted by molar-refractivity contribution is -0.139. The molecule has 0 spiro atoms. The van der Waals surface area contributed by atoms with Crippen LogP contribution in [-0.4, -0.2) is 50.9 Å². The van der Waals surface area contributed by atoms with Gasteiger partial charge in [0.15, 0.2) is 0 Å². The highest BCUT2D eigenvalue weighted by atomic mass is 32.2. The average Bonchev–Trinajstić information content (AvgIpc) is 2.90. The minimum Gasteiger partial charge on any atom is -0.497 e. The highest BCUT2D eigenvalue weighted by Gasteiger charge is 2.33. The first-order valence-corrected chi connectivity index (χ1v) is 14.3. The zero-order valence-corrected chi connectivity index (χ0v) is 24.2. The Balaban J connectivity index is 2.06. The van der Waals surface area contributed by atoms with Gasteiger partial charge in [-0.25, -0.2) is 8.42 Å². The van der Waals surface area contributed by atoms with Crippen LogP contribution in [-0.2, 0) is 26.2 Å². The average molecular weight is 552 g/mol. The molecular weight excluding hydrogens is 514 g/mol. The summed E-state index contributed by atoms with van der Waals surface area (Å²) in [6.07, 6.45) is 0. The molecule has 0 heterocycles. The predicted octanol–water partition coefficient (Wildman–Crippen LogP) is 4.45. The van der Waals surface area contributed by atoms with E-state index in [9.17, 15) is 18.0 Å². The normalized spacial score (nSPS) is 12.1. The van der Waals surface area contributed by atoms with E-state index in [1.54, 1.807) is 43.3 Å². The fraction of sp³-hybridized carbons (Fsp3) is 0.333. The summed E-state index contributed by atoms with van der Waals surface area (Å²) in [5, 5.41) is 2.86. The van der Waals surface area contributed by atoms with Crippen molar-refractivity contribution in [2.24, 2.45) is 0 Å². The van der Waals surface area contributed by atoms with Crippen molar-refractivity contribution < 1.29 is 22.7 Å². The van der Waals surface area contributed by atoms with Gasteiger partial charge in [-0.3, -0.25) is 13.9 Å². The predicted molar refractivity (Wildman–Crippen MR) is 153 cm³/mol. The standard InChI is InChI=1S/C30H37N3O5S/c1-21(2)31-30(35)24(5)32(19-25-11-8-7-10-23(25)4)29(34)20-33(26-12-9-13-27(18-26)38-6)39(36,37)28-16-14-22(3)15-17-28/h7-18,21,24H,19-20H2,1-6H3,(H,31,35). The molecule has 3 aromatic carbocycles. The van der Waals surface area contributed by atoms with Crippen molar-refractivity contribution in [1.82, 2.24) is 10.2 Å². The van der Waals surface area contributed by atoms with Crippen LogP contribution < -0.4 is 14.4 Å². The number of anilines is 1. The van der Waals surface area contributed by atoms with Crippen LogP contribution >= 0.6 is 0 Å². The fourth-order valence-electron chi connectivity index (χ4n) is 4.09. The summed E-state index contributed by atoms with van der Waals surface area (Å²) in [7, 11) is -2.65. The number of hydrogen-bond acceptors (Lipinski definition) is 5. The molecule has 0 fully saturated rings. The first-order valence-electron chi connectivity index (χ1n) is 12.8. The minimum absolute atomic E-state index is 0.0553. The first kappa shape index (κ1) is 29.7. The maximum absolute atomic E-state index is 14.0. The monoisotopic (exact) mass is 551 g/mol. The van der Waals surface area contributed by atoms with Gasteiger partial charge in [0.05, 0.1) is 17.7 Å². The van der Waals surface area contributed by atoms with Gasteiger partial charge in [-0.1, -0.05) is 48.0 Å². The van der Waals surface area contributed by atoms with Gasteiger partial charge >= 0.3 is 0 Å². The summed E-state index contributed by atoms with van der Waals surface area (Å²) in [4.78, 5) is 28.5. The largest absolute Gasteiger partial charge is 0.497 e. The molecule has 208 valence electrons. The number of sulfonamides is 1. The van der Waals surface area contributed by atoms with Gasteiger partial charge in [-0.2, -0.15) is 0 Å². The van der Waals surface area contributed by atoms with E-state index in [1.807, 2.05) is 52.0 Å². The molecule has 2 amide bonds. The highest BCUT2D eigenvalue weighted by molar-refractivity contribution is 7.92. The zero-order chi connectivity index (χ0) is 28.7. The van der Waals surface area contributed by atoms with Crippen LogP contribution in [0.3, 0.4) is 0 Å². The maximum atomic E-state index is 14.0. The first-order chi connectivity index (χ1) is 18.4. The number of aryl methyl sites for hydroxylation is 2. The van der Waals surface area contributed by atoms with E-state index in [0.29, 0.717) is 5.75 Å². The Bertz CT molecular complexity index is 1400. The lowest BCUT2D eigenvalue weighted by Crippen LogP contribution is -2.52. The van der Waals surface area contributed by atoms with E-state index in [2.05, 4.69) is 5.32 Å². The smallest absolute Gasteiger partial charge is 0.264 e. The molecule has 1 unspecified atom stereocenters. The Morgan fingerprint density at radius 1 is 0.923 bits per heavy atom. The van der Waals surface area contributed by atoms with Gasteiger partial charge in [-0.15, -0.1) is 0 Å². The summed E-state index contributed by atoms with van der Waals surface area (Å²) in [6.45, 7) is 8.78. The van der Waals surface area contributed by atoms with Crippen molar-refractivity contribution in [2.75, 3.05) is 18.0 Å². The maximum Gasteiger partial charge on any atom is 0.264 e. The van der Waals surface area contributed by atoms with Crippen LogP contribution in [0.4, 0.5) is 5.69 Å². The fourth-order valence-corrected chi connectivity index (χ4v) is 5.50. The molecule has 0 aromatic heterocycles. The molecule has 0 radical (unpaired) electrons. The van der Waals surface area contributed by atoms with Crippen LogP contribution in [0.15, 0.2) is 77.7 Å². The second kappa shape index (κ2) is 12.8. The van der Waals surface area contributed by atoms with Gasteiger partial charge in [-0.05, 0) is 70.0 Å². The molecule has 0 aliphatic carbocycles. The molecule has 9 heteroatoms. The third-order valence-corrected chi connectivity index (χ3v) is 8.22. The summed E-state index contributed by atoms with van der Waals surface area (Å²) < 4.78 is 34.2. The van der Waals surface area contributed by atoms with Gasteiger partial charge in [0.25, 0.3) is 10.0 Å². The number of methoxy groups -OCH3 is 1. The molecular formula is C30H37N3O5S. The van der Waals surface area contributed by atoms with Crippen molar-refractivity contribution in [1.29, 1.82) is 0 Å². The Morgan fingerprint density at radius 2 is 1.59 bits per heavy atom. The molecule has 1 atom stereocenters. The topological polar surface area (TPSA) is 96.0 Å². The highest BCUT2D eigenvalue weighted by Crippen LogP contribution is 2.28. The number of benzene rings is 3. The number of amides is 2. The Kier molecular flexibility index (Phi) is 9.75. The lowest BCUT2D eigenvalue weighted by atomic mass is 10.1. The van der Waals surface area contributed by atoms with E-state index in [0.717, 1.165) is 21.0 Å². The summed E-state index contributed by atoms with van der Waals surface area (Å²) >= 11 is 0. The molecule has 1 N–H and O–H groups in total. The number of hydrogen-bond donors (Lipinski definition) is 1. The van der Waals surface area contributed by atoms with Crippen molar-refractivity contribution >= 4 is 27.5 Å². The molecule has 0 aliphatic rings. The third-order valence-electron chi connectivity index (χ3n) is 6.43. The van der Waals surface area contributed by atoms with Crippen LogP contribution in [0.25, 0.3) is 0 Å². The van der Waals surface area contributed by atoms with Crippen molar-refractivity contribution in [3.8, 4) is 5.75 Å². The van der Waals surface area contributed by atoms with Gasteiger partial charge in [0, 0.05) is 18.7 Å². The zero-order valence-electron chi connectivity index (χ0n) is 23.3. The van der Waals surface area contributed by atoms with Crippen LogP contribution in [0.2, 0.25) is 0 Å². The van der Waals surface area contributed by atoms with Crippen molar-refractivity contribution in [2.45, 2.75) is 58.1 Å². The quantitative estimate of drug-likeness (QED) is 0.380. The van der Waals surface area contributed by atoms with E-state index < -0.39 is 28.5 Å². The number of carbonyl (C=O) groups is 2. The van der Waals surface area contributed by atoms with Gasteiger partial charge < -0.3 is 15.0 Å². The Hall–Kier alpha value is -3.85. The van der Waals surface area contributed by atoms with Crippen LogP contribution in [0.1, 0.15) is 37.5 Å². The molecule has 0 bridgehead atoms. The summed E-state index contributed by atoms with van der Waals surface area (Å²) in [5.74, 6) is -0.380. The number of carbonyl (C=O) groups excluding carboxylic acids is 2. The van der Waals surface area contributed by atoms with Crippen molar-refractivity contribution in [3.63, 3.8) is 0 Å². The summed E-state index contributed by atoms with van der Waals surface area (Å²) in [6, 6.07) is 19.6. The summed E-state index contributed by atoms with van der Waals surface area (Å²) in [5.41, 5.74) is 3.01. The SMILES string of the molecule is COc1cccc(N(CC(=O)N(Cc2ccccc2C)C(C)C(=O)NC(C)C)S(=O)(=O)c2ccc(C)cc2)c1. The van der Waals surface area contributed by atoms with Gasteiger partial charge in [0.2, 0.25) is 11.8 Å². The minimum atomic E-state index is -4.14. The number of nitrogens with zero attached hydrogens (tertiary/aromatic N) is 2. The second-order valence-electron chi connectivity index (χ2n) is 9.81. The van der Waals surface area contributed by atoms with Gasteiger partial charge in [0.1, 0.15) is 18.3 Å². The third kappa shape index (κ3) is 7.38. The molecule has 8 nitrogen and oxygen atoms in total. The Labute approximate surface area is 231 Å². The Morgan fingerprint density at radius 3 is 2.21 bits per heavy atom. The number of nitrogens with one attached hydrogen (secondary N) is 1. The molecule has 0 saturated heterocycles. The molecule has 0 aliphatic heterocycles. The van der Waals surface area contributed by atoms with E-state index in [1.165, 1.54) is 24.1 Å². The number of rotatable bonds is 11. The van der Waals surface area contributed by atoms with E-state index in [4.69, 9.17) is 4.74 Å². The molecule has 3 aromatic rings. The lowest BCUT2D eigenvalue weighted by Gasteiger charge is -2.32.